The van der Waals surface area contributed by atoms with Crippen molar-refractivity contribution in [3.8, 4) is 11.8 Å². The summed E-state index contributed by atoms with van der Waals surface area (Å²) in [7, 11) is 1.60. The van der Waals surface area contributed by atoms with Gasteiger partial charge in [-0.05, 0) is 52.3 Å². The molecule has 28 heavy (non-hydrogen) atoms. The van der Waals surface area contributed by atoms with E-state index in [-0.39, 0.29) is 24.1 Å². The number of anilines is 1. The molecule has 0 spiro atoms. The van der Waals surface area contributed by atoms with Gasteiger partial charge in [-0.1, -0.05) is 42.2 Å². The fraction of sp³-hybridized carbons (Fsp3) is 0.0909. The number of furan rings is 1. The second-order valence-electron chi connectivity index (χ2n) is 5.84. The summed E-state index contributed by atoms with van der Waals surface area (Å²) in [5, 5.41) is 2.77. The number of carbonyl (C=O) groups excluding carboxylic acids is 2. The molecule has 0 saturated carbocycles. The Labute approximate surface area is 171 Å². The van der Waals surface area contributed by atoms with Crippen molar-refractivity contribution in [2.75, 3.05) is 18.5 Å². The van der Waals surface area contributed by atoms with Crippen LogP contribution in [-0.4, -0.2) is 25.4 Å². The third kappa shape index (κ3) is 4.70. The zero-order chi connectivity index (χ0) is 19.9. The van der Waals surface area contributed by atoms with Crippen LogP contribution < -0.4 is 10.2 Å². The lowest BCUT2D eigenvalue weighted by Gasteiger charge is -2.19. The van der Waals surface area contributed by atoms with E-state index in [9.17, 15) is 9.59 Å². The van der Waals surface area contributed by atoms with Gasteiger partial charge in [-0.25, -0.2) is 0 Å². The molecule has 0 aliphatic carbocycles. The number of hydrogen-bond donors (Lipinski definition) is 1. The van der Waals surface area contributed by atoms with E-state index in [2.05, 4.69) is 33.1 Å². The fourth-order valence-electron chi connectivity index (χ4n) is 2.55. The van der Waals surface area contributed by atoms with Gasteiger partial charge >= 0.3 is 0 Å². The summed E-state index contributed by atoms with van der Waals surface area (Å²) in [4.78, 5) is 26.6. The predicted octanol–water partition coefficient (Wildman–Crippen LogP) is 4.10. The minimum Gasteiger partial charge on any atom is -0.444 e. The molecule has 3 aromatic rings. The van der Waals surface area contributed by atoms with E-state index < -0.39 is 0 Å². The highest BCUT2D eigenvalue weighted by atomic mass is 79.9. The molecule has 6 heteroatoms. The van der Waals surface area contributed by atoms with Crippen LogP contribution in [0.1, 0.15) is 26.5 Å². The summed E-state index contributed by atoms with van der Waals surface area (Å²) in [6.07, 6.45) is 0. The number of carbonyl (C=O) groups is 2. The Kier molecular flexibility index (Phi) is 6.30. The van der Waals surface area contributed by atoms with Gasteiger partial charge < -0.3 is 14.6 Å². The summed E-state index contributed by atoms with van der Waals surface area (Å²) in [5.41, 5.74) is 1.74. The molecule has 0 radical (unpaired) electrons. The minimum atomic E-state index is -0.352. The lowest BCUT2D eigenvalue weighted by molar-refractivity contribution is 0.0958. The van der Waals surface area contributed by atoms with Gasteiger partial charge in [0, 0.05) is 12.6 Å². The average Bonchev–Trinajstić information content (AvgIpc) is 3.17. The lowest BCUT2D eigenvalue weighted by atomic mass is 10.1. The van der Waals surface area contributed by atoms with Gasteiger partial charge in [0.25, 0.3) is 11.8 Å². The molecule has 0 unspecified atom stereocenters. The van der Waals surface area contributed by atoms with E-state index in [0.29, 0.717) is 15.9 Å². The number of nitrogens with one attached hydrogen (secondary N) is 1. The zero-order valence-electron chi connectivity index (χ0n) is 15.1. The summed E-state index contributed by atoms with van der Waals surface area (Å²) in [5.74, 6) is 5.42. The molecule has 0 aliphatic rings. The van der Waals surface area contributed by atoms with E-state index in [1.165, 1.54) is 4.90 Å². The Morgan fingerprint density at radius 3 is 2.46 bits per heavy atom. The highest BCUT2D eigenvalue weighted by Gasteiger charge is 2.21. The number of hydrogen-bond acceptors (Lipinski definition) is 3. The van der Waals surface area contributed by atoms with Gasteiger partial charge in [0.05, 0.1) is 17.8 Å². The first-order chi connectivity index (χ1) is 13.6. The smallest absolute Gasteiger partial charge is 0.293 e. The predicted molar refractivity (Wildman–Crippen MR) is 111 cm³/mol. The number of nitrogens with zero attached hydrogens (tertiary/aromatic N) is 1. The van der Waals surface area contributed by atoms with Crippen LogP contribution in [0.2, 0.25) is 0 Å². The lowest BCUT2D eigenvalue weighted by Crippen LogP contribution is -2.30. The molecule has 1 heterocycles. The molecular weight excluding hydrogens is 420 g/mol. The SMILES string of the molecule is CN(C(=O)c1ccc(Br)o1)c1ccccc1C(=O)NCC#Cc1ccccc1. The normalized spacial score (nSPS) is 9.93. The molecule has 1 N–H and O–H groups in total. The molecule has 3 rings (SSSR count). The summed E-state index contributed by atoms with van der Waals surface area (Å²) in [6.45, 7) is 0.199. The molecule has 0 aliphatic heterocycles. The van der Waals surface area contributed by atoms with Crippen molar-refractivity contribution in [1.29, 1.82) is 0 Å². The Balaban J connectivity index is 1.71. The van der Waals surface area contributed by atoms with Crippen LogP contribution in [0.25, 0.3) is 0 Å². The van der Waals surface area contributed by atoms with Gasteiger partial charge in [-0.15, -0.1) is 0 Å². The van der Waals surface area contributed by atoms with E-state index in [1.54, 1.807) is 43.4 Å². The van der Waals surface area contributed by atoms with Crippen molar-refractivity contribution in [2.24, 2.45) is 0 Å². The van der Waals surface area contributed by atoms with E-state index in [4.69, 9.17) is 4.42 Å². The molecule has 0 bridgehead atoms. The molecule has 2 amide bonds. The van der Waals surface area contributed by atoms with Crippen LogP contribution in [0.5, 0.6) is 0 Å². The van der Waals surface area contributed by atoms with Gasteiger partial charge in [0.2, 0.25) is 0 Å². The summed E-state index contributed by atoms with van der Waals surface area (Å²) in [6, 6.07) is 19.6. The van der Waals surface area contributed by atoms with Crippen molar-refractivity contribution in [1.82, 2.24) is 5.32 Å². The molecule has 0 fully saturated rings. The molecule has 5 nitrogen and oxygen atoms in total. The first-order valence-electron chi connectivity index (χ1n) is 8.51. The Hall–Kier alpha value is -3.30. The number of amides is 2. The monoisotopic (exact) mass is 436 g/mol. The Bertz CT molecular complexity index is 1050. The van der Waals surface area contributed by atoms with Crippen molar-refractivity contribution in [2.45, 2.75) is 0 Å². The number of rotatable bonds is 4. The Morgan fingerprint density at radius 2 is 1.75 bits per heavy atom. The van der Waals surface area contributed by atoms with Crippen LogP contribution in [0.3, 0.4) is 0 Å². The van der Waals surface area contributed by atoms with Crippen molar-refractivity contribution < 1.29 is 14.0 Å². The average molecular weight is 437 g/mol. The topological polar surface area (TPSA) is 62.6 Å². The number of benzene rings is 2. The van der Waals surface area contributed by atoms with Crippen LogP contribution in [0.15, 0.2) is 75.8 Å². The summed E-state index contributed by atoms with van der Waals surface area (Å²) < 4.78 is 5.78. The maximum absolute atomic E-state index is 12.6. The third-order valence-electron chi connectivity index (χ3n) is 3.94. The van der Waals surface area contributed by atoms with Crippen molar-refractivity contribution >= 4 is 33.4 Å². The van der Waals surface area contributed by atoms with E-state index in [0.717, 1.165) is 5.56 Å². The van der Waals surface area contributed by atoms with Crippen molar-refractivity contribution in [3.63, 3.8) is 0 Å². The molecular formula is C22H17BrN2O3. The van der Waals surface area contributed by atoms with Gasteiger partial charge in [0.15, 0.2) is 10.4 Å². The second kappa shape index (κ2) is 9.07. The molecule has 140 valence electrons. The molecule has 2 aromatic carbocycles. The maximum atomic E-state index is 12.6. The Morgan fingerprint density at radius 1 is 1.04 bits per heavy atom. The molecule has 0 saturated heterocycles. The highest BCUT2D eigenvalue weighted by Crippen LogP contribution is 2.23. The largest absolute Gasteiger partial charge is 0.444 e. The number of para-hydroxylation sites is 1. The van der Waals surface area contributed by atoms with Crippen LogP contribution in [0, 0.1) is 11.8 Å². The van der Waals surface area contributed by atoms with Crippen molar-refractivity contribution in [3.05, 3.63) is 88.3 Å². The molecule has 1 aromatic heterocycles. The third-order valence-corrected chi connectivity index (χ3v) is 4.37. The quantitative estimate of drug-likeness (QED) is 0.626. The standard InChI is InChI=1S/C22H17BrN2O3/c1-25(22(27)19-13-14-20(23)28-19)18-12-6-5-11-17(18)21(26)24-15-7-10-16-8-3-2-4-9-16/h2-6,8-9,11-14H,15H2,1H3,(H,24,26). The summed E-state index contributed by atoms with van der Waals surface area (Å²) >= 11 is 3.18. The van der Waals surface area contributed by atoms with Crippen LogP contribution >= 0.6 is 15.9 Å². The van der Waals surface area contributed by atoms with Crippen LogP contribution in [-0.2, 0) is 0 Å². The highest BCUT2D eigenvalue weighted by molar-refractivity contribution is 9.10. The van der Waals surface area contributed by atoms with Gasteiger partial charge in [-0.3, -0.25) is 9.59 Å². The number of halogens is 1. The fourth-order valence-corrected chi connectivity index (χ4v) is 2.86. The van der Waals surface area contributed by atoms with E-state index >= 15 is 0 Å². The molecule has 0 atom stereocenters. The first-order valence-corrected chi connectivity index (χ1v) is 9.30. The first kappa shape index (κ1) is 19.5. The minimum absolute atomic E-state index is 0.179. The second-order valence-corrected chi connectivity index (χ2v) is 6.62. The maximum Gasteiger partial charge on any atom is 0.293 e. The van der Waals surface area contributed by atoms with Crippen LogP contribution in [0.4, 0.5) is 5.69 Å². The van der Waals surface area contributed by atoms with Gasteiger partial charge in [-0.2, -0.15) is 0 Å². The zero-order valence-corrected chi connectivity index (χ0v) is 16.7. The van der Waals surface area contributed by atoms with Gasteiger partial charge in [0.1, 0.15) is 0 Å². The van der Waals surface area contributed by atoms with E-state index in [1.807, 2.05) is 30.3 Å².